The predicted molar refractivity (Wildman–Crippen MR) is 85.7 cm³/mol. The molecule has 1 aromatic carbocycles. The van der Waals surface area contributed by atoms with E-state index in [0.717, 1.165) is 15.6 Å². The number of carbonyl (C=O) groups is 1. The van der Waals surface area contributed by atoms with E-state index in [4.69, 9.17) is 5.73 Å². The van der Waals surface area contributed by atoms with Crippen LogP contribution >= 0.6 is 11.3 Å². The summed E-state index contributed by atoms with van der Waals surface area (Å²) in [6.45, 7) is 3.10. The van der Waals surface area contributed by atoms with Gasteiger partial charge in [-0.25, -0.2) is 4.39 Å². The highest BCUT2D eigenvalue weighted by Gasteiger charge is 2.33. The first-order chi connectivity index (χ1) is 10.4. The molecule has 0 unspecified atom stereocenters. The van der Waals surface area contributed by atoms with Crippen molar-refractivity contribution in [2.24, 2.45) is 5.73 Å². The number of amides is 1. The van der Waals surface area contributed by atoms with Crippen molar-refractivity contribution in [3.8, 4) is 0 Å². The van der Waals surface area contributed by atoms with Crippen molar-refractivity contribution in [2.45, 2.75) is 25.4 Å². The molecule has 1 aliphatic heterocycles. The van der Waals surface area contributed by atoms with Crippen LogP contribution in [0.3, 0.4) is 0 Å². The number of nitrogens with two attached hydrogens (primary N) is 1. The summed E-state index contributed by atoms with van der Waals surface area (Å²) in [5.41, 5.74) is 5.61. The lowest BCUT2D eigenvalue weighted by Gasteiger charge is -2.37. The Bertz CT molecular complexity index is 720. The summed E-state index contributed by atoms with van der Waals surface area (Å²) in [6.07, 6.45) is 0.988. The van der Waals surface area contributed by atoms with Gasteiger partial charge in [-0.1, -0.05) is 6.07 Å². The molecule has 0 saturated carbocycles. The Morgan fingerprint density at radius 3 is 2.77 bits per heavy atom. The van der Waals surface area contributed by atoms with Crippen LogP contribution in [-0.2, 0) is 0 Å². The van der Waals surface area contributed by atoms with Crippen LogP contribution in [0.15, 0.2) is 18.2 Å². The maximum Gasteiger partial charge on any atom is 0.264 e. The monoisotopic (exact) mass is 322 g/mol. The quantitative estimate of drug-likeness (QED) is 0.891. The standard InChI is InChI=1S/C16H19FN2O2S/c1-10-12-3-2-11(17)8-13(12)22-14(10)15(20)19-6-4-16(21,9-18)5-7-19/h2-3,8,21H,4-7,9,18H2,1H3. The van der Waals surface area contributed by atoms with E-state index in [-0.39, 0.29) is 18.3 Å². The second kappa shape index (κ2) is 5.61. The number of rotatable bonds is 2. The van der Waals surface area contributed by atoms with Crippen molar-refractivity contribution in [2.75, 3.05) is 19.6 Å². The van der Waals surface area contributed by atoms with Crippen molar-refractivity contribution in [3.05, 3.63) is 34.5 Å². The second-order valence-corrected chi connectivity index (χ2v) is 6.97. The lowest BCUT2D eigenvalue weighted by Crippen LogP contribution is -2.50. The molecular formula is C16H19FN2O2S. The maximum absolute atomic E-state index is 13.3. The number of hydrogen-bond acceptors (Lipinski definition) is 4. The van der Waals surface area contributed by atoms with Crippen LogP contribution in [0.5, 0.6) is 0 Å². The van der Waals surface area contributed by atoms with Gasteiger partial charge in [0.15, 0.2) is 0 Å². The van der Waals surface area contributed by atoms with E-state index in [1.165, 1.54) is 23.5 Å². The number of halogens is 1. The third-order valence-electron chi connectivity index (χ3n) is 4.46. The minimum absolute atomic E-state index is 0.0434. The number of likely N-dealkylation sites (tertiary alicyclic amines) is 1. The van der Waals surface area contributed by atoms with Gasteiger partial charge in [-0.2, -0.15) is 0 Å². The van der Waals surface area contributed by atoms with Crippen LogP contribution < -0.4 is 5.73 Å². The van der Waals surface area contributed by atoms with Crippen LogP contribution in [0.1, 0.15) is 28.1 Å². The third kappa shape index (κ3) is 2.62. The van der Waals surface area contributed by atoms with Gasteiger partial charge in [0.25, 0.3) is 5.91 Å². The lowest BCUT2D eigenvalue weighted by molar-refractivity contribution is -0.00940. The van der Waals surface area contributed by atoms with Gasteiger partial charge in [-0.3, -0.25) is 4.79 Å². The van der Waals surface area contributed by atoms with Crippen LogP contribution in [0.2, 0.25) is 0 Å². The molecule has 0 bridgehead atoms. The summed E-state index contributed by atoms with van der Waals surface area (Å²) in [6, 6.07) is 4.60. The molecule has 1 amide bonds. The van der Waals surface area contributed by atoms with Gasteiger partial charge >= 0.3 is 0 Å². The average Bonchev–Trinajstić information content (AvgIpc) is 2.83. The van der Waals surface area contributed by atoms with Crippen LogP contribution in [0.25, 0.3) is 10.1 Å². The lowest BCUT2D eigenvalue weighted by atomic mass is 9.91. The van der Waals surface area contributed by atoms with Gasteiger partial charge in [0, 0.05) is 24.3 Å². The highest BCUT2D eigenvalue weighted by Crippen LogP contribution is 2.33. The van der Waals surface area contributed by atoms with Crippen LogP contribution in [0, 0.1) is 12.7 Å². The topological polar surface area (TPSA) is 66.6 Å². The Kier molecular flexibility index (Phi) is 3.92. The van der Waals surface area contributed by atoms with E-state index in [9.17, 15) is 14.3 Å². The van der Waals surface area contributed by atoms with E-state index in [1.54, 1.807) is 11.0 Å². The minimum atomic E-state index is -0.852. The third-order valence-corrected chi connectivity index (χ3v) is 5.70. The molecule has 3 rings (SSSR count). The molecule has 6 heteroatoms. The molecule has 0 spiro atoms. The number of thiophene rings is 1. The molecule has 4 nitrogen and oxygen atoms in total. The number of piperidine rings is 1. The molecule has 2 heterocycles. The van der Waals surface area contributed by atoms with Gasteiger partial charge in [0.2, 0.25) is 0 Å². The van der Waals surface area contributed by atoms with E-state index in [1.807, 2.05) is 6.92 Å². The first kappa shape index (κ1) is 15.4. The molecule has 0 aliphatic carbocycles. The molecule has 0 atom stereocenters. The average molecular weight is 322 g/mol. The molecule has 2 aromatic rings. The number of aryl methyl sites for hydroxylation is 1. The van der Waals surface area contributed by atoms with E-state index < -0.39 is 5.60 Å². The summed E-state index contributed by atoms with van der Waals surface area (Å²) in [5.74, 6) is -0.336. The van der Waals surface area contributed by atoms with E-state index in [0.29, 0.717) is 30.8 Å². The van der Waals surface area contributed by atoms with Gasteiger partial charge in [0.05, 0.1) is 10.5 Å². The van der Waals surface area contributed by atoms with Crippen molar-refractivity contribution >= 4 is 27.3 Å². The number of hydrogen-bond donors (Lipinski definition) is 2. The largest absolute Gasteiger partial charge is 0.388 e. The Morgan fingerprint density at radius 1 is 1.45 bits per heavy atom. The van der Waals surface area contributed by atoms with Crippen molar-refractivity contribution in [3.63, 3.8) is 0 Å². The van der Waals surface area contributed by atoms with Gasteiger partial charge in [0.1, 0.15) is 5.82 Å². The molecular weight excluding hydrogens is 303 g/mol. The molecule has 1 aromatic heterocycles. The molecule has 118 valence electrons. The maximum atomic E-state index is 13.3. The Hall–Kier alpha value is -1.50. The zero-order valence-corrected chi connectivity index (χ0v) is 13.3. The van der Waals surface area contributed by atoms with E-state index in [2.05, 4.69) is 0 Å². The van der Waals surface area contributed by atoms with Crippen LogP contribution in [0.4, 0.5) is 4.39 Å². The number of benzene rings is 1. The molecule has 1 saturated heterocycles. The van der Waals surface area contributed by atoms with Gasteiger partial charge < -0.3 is 15.7 Å². The summed E-state index contributed by atoms with van der Waals surface area (Å²) in [4.78, 5) is 15.1. The van der Waals surface area contributed by atoms with E-state index >= 15 is 0 Å². The molecule has 1 aliphatic rings. The van der Waals surface area contributed by atoms with Crippen molar-refractivity contribution in [1.82, 2.24) is 4.90 Å². The molecule has 3 N–H and O–H groups in total. The first-order valence-electron chi connectivity index (χ1n) is 7.34. The normalized spacial score (nSPS) is 17.9. The summed E-state index contributed by atoms with van der Waals surface area (Å²) < 4.78 is 14.1. The second-order valence-electron chi connectivity index (χ2n) is 5.92. The summed E-state index contributed by atoms with van der Waals surface area (Å²) in [7, 11) is 0. The fourth-order valence-electron chi connectivity index (χ4n) is 2.88. The van der Waals surface area contributed by atoms with Crippen molar-refractivity contribution in [1.29, 1.82) is 0 Å². The Labute approximate surface area is 132 Å². The number of nitrogens with zero attached hydrogens (tertiary/aromatic N) is 1. The van der Waals surface area contributed by atoms with Crippen LogP contribution in [-0.4, -0.2) is 41.1 Å². The fourth-order valence-corrected chi connectivity index (χ4v) is 4.08. The minimum Gasteiger partial charge on any atom is -0.388 e. The number of carbonyl (C=O) groups excluding carboxylic acids is 1. The molecule has 1 fully saturated rings. The number of fused-ring (bicyclic) bond motifs is 1. The fraction of sp³-hybridized carbons (Fsp3) is 0.438. The highest BCUT2D eigenvalue weighted by atomic mass is 32.1. The zero-order valence-electron chi connectivity index (χ0n) is 12.4. The van der Waals surface area contributed by atoms with Gasteiger partial charge in [-0.15, -0.1) is 11.3 Å². The summed E-state index contributed by atoms with van der Waals surface area (Å²) >= 11 is 1.33. The smallest absolute Gasteiger partial charge is 0.264 e. The molecule has 0 radical (unpaired) electrons. The molecule has 22 heavy (non-hydrogen) atoms. The van der Waals surface area contributed by atoms with Crippen molar-refractivity contribution < 1.29 is 14.3 Å². The van der Waals surface area contributed by atoms with Gasteiger partial charge in [-0.05, 0) is 42.8 Å². The Balaban J connectivity index is 1.85. The number of aliphatic hydroxyl groups is 1. The Morgan fingerprint density at radius 2 is 2.14 bits per heavy atom. The predicted octanol–water partition coefficient (Wildman–Crippen LogP) is 2.27. The highest BCUT2D eigenvalue weighted by molar-refractivity contribution is 7.21. The summed E-state index contributed by atoms with van der Waals surface area (Å²) in [5, 5.41) is 11.1. The SMILES string of the molecule is Cc1c(C(=O)N2CCC(O)(CN)CC2)sc2cc(F)ccc12. The first-order valence-corrected chi connectivity index (χ1v) is 8.15. The zero-order chi connectivity index (χ0) is 15.9.